The molecule has 2 N–H and O–H groups in total. The quantitative estimate of drug-likeness (QED) is 0.825. The van der Waals surface area contributed by atoms with Crippen LogP contribution in [0.3, 0.4) is 0 Å². The first kappa shape index (κ1) is 9.19. The van der Waals surface area contributed by atoms with Gasteiger partial charge in [-0.05, 0) is 12.1 Å². The fraction of sp³-hybridized carbons (Fsp3) is 0. The molecule has 1 radical (unpaired) electrons. The van der Waals surface area contributed by atoms with E-state index in [1.165, 1.54) is 12.1 Å². The van der Waals surface area contributed by atoms with E-state index < -0.39 is 11.7 Å². The van der Waals surface area contributed by atoms with Gasteiger partial charge in [-0.3, -0.25) is 4.79 Å². The molecule has 0 saturated heterocycles. The van der Waals surface area contributed by atoms with E-state index >= 15 is 0 Å². The van der Waals surface area contributed by atoms with E-state index in [4.69, 9.17) is 5.73 Å². The summed E-state index contributed by atoms with van der Waals surface area (Å²) in [6.07, 6.45) is 1.04. The third-order valence-electron chi connectivity index (χ3n) is 1.26. The molecule has 0 fully saturated rings. The molecule has 0 aliphatic carbocycles. The molecule has 0 spiro atoms. The van der Waals surface area contributed by atoms with Crippen LogP contribution in [0.1, 0.15) is 5.56 Å². The number of primary amides is 1. The van der Waals surface area contributed by atoms with Gasteiger partial charge in [0.15, 0.2) is 0 Å². The van der Waals surface area contributed by atoms with Crippen molar-refractivity contribution in [2.75, 3.05) is 0 Å². The number of hydrogen-bond donors (Lipinski definition) is 1. The van der Waals surface area contributed by atoms with Crippen molar-refractivity contribution in [2.24, 2.45) is 5.73 Å². The lowest BCUT2D eigenvalue weighted by Gasteiger charge is -1.99. The summed E-state index contributed by atoms with van der Waals surface area (Å²) < 4.78 is 13.6. The Balaban J connectivity index is 2.93. The topological polar surface area (TPSA) is 43.1 Å². The van der Waals surface area contributed by atoms with Crippen LogP contribution in [0.4, 0.5) is 4.39 Å². The lowest BCUT2D eigenvalue weighted by molar-refractivity contribution is -0.114. The van der Waals surface area contributed by atoms with Gasteiger partial charge in [-0.1, -0.05) is 22.0 Å². The molecule has 4 heteroatoms. The van der Waals surface area contributed by atoms with Gasteiger partial charge in [0.05, 0.1) is 6.42 Å². The number of nitrogens with two attached hydrogens (primary N) is 1. The maximum absolute atomic E-state index is 12.9. The van der Waals surface area contributed by atoms with Gasteiger partial charge in [-0.2, -0.15) is 0 Å². The van der Waals surface area contributed by atoms with Crippen LogP contribution in [-0.2, 0) is 4.79 Å². The van der Waals surface area contributed by atoms with Gasteiger partial charge in [0.25, 0.3) is 0 Å². The Bertz CT molecular complexity index is 314. The molecule has 1 aromatic carbocycles. The number of amides is 1. The zero-order valence-electron chi connectivity index (χ0n) is 6.05. The number of hydrogen-bond acceptors (Lipinski definition) is 1. The number of benzene rings is 1. The summed E-state index contributed by atoms with van der Waals surface area (Å²) >= 11 is 3.09. The van der Waals surface area contributed by atoms with Gasteiger partial charge in [0.1, 0.15) is 5.82 Å². The first-order valence-electron chi connectivity index (χ1n) is 3.19. The molecule has 0 aliphatic rings. The van der Waals surface area contributed by atoms with Gasteiger partial charge in [0.2, 0.25) is 5.91 Å². The molecule has 0 heterocycles. The second kappa shape index (κ2) is 3.67. The minimum Gasteiger partial charge on any atom is -0.369 e. The Hall–Kier alpha value is -0.900. The number of rotatable bonds is 2. The highest BCUT2D eigenvalue weighted by Crippen LogP contribution is 2.16. The molecule has 0 saturated carbocycles. The Morgan fingerprint density at radius 3 is 2.75 bits per heavy atom. The zero-order valence-corrected chi connectivity index (χ0v) is 7.64. The fourth-order valence-electron chi connectivity index (χ4n) is 0.772. The average Bonchev–Trinajstić information content (AvgIpc) is 1.94. The molecule has 0 aromatic heterocycles. The maximum Gasteiger partial charge on any atom is 0.226 e. The number of carbonyl (C=O) groups excluding carboxylic acids is 1. The van der Waals surface area contributed by atoms with Crippen LogP contribution in [0.15, 0.2) is 22.7 Å². The first-order chi connectivity index (χ1) is 5.59. The van der Waals surface area contributed by atoms with Crippen LogP contribution >= 0.6 is 15.9 Å². The van der Waals surface area contributed by atoms with Crippen LogP contribution < -0.4 is 5.73 Å². The molecule has 1 rings (SSSR count). The van der Waals surface area contributed by atoms with Gasteiger partial charge >= 0.3 is 0 Å². The minimum absolute atomic E-state index is 0.200. The molecule has 1 aromatic rings. The van der Waals surface area contributed by atoms with Gasteiger partial charge in [-0.15, -0.1) is 0 Å². The molecule has 0 aliphatic heterocycles. The van der Waals surface area contributed by atoms with Crippen LogP contribution in [0.2, 0.25) is 0 Å². The van der Waals surface area contributed by atoms with Gasteiger partial charge < -0.3 is 5.73 Å². The summed E-state index contributed by atoms with van der Waals surface area (Å²) in [6.45, 7) is 0. The maximum atomic E-state index is 12.9. The Kier molecular flexibility index (Phi) is 2.81. The van der Waals surface area contributed by atoms with Crippen molar-refractivity contribution in [3.8, 4) is 0 Å². The monoisotopic (exact) mass is 230 g/mol. The third-order valence-corrected chi connectivity index (χ3v) is 1.75. The van der Waals surface area contributed by atoms with Crippen molar-refractivity contribution in [2.45, 2.75) is 0 Å². The predicted octanol–water partition coefficient (Wildman–Crippen LogP) is 1.63. The van der Waals surface area contributed by atoms with E-state index in [1.807, 2.05) is 0 Å². The summed E-state index contributed by atoms with van der Waals surface area (Å²) in [5, 5.41) is 0. The second-order valence-electron chi connectivity index (χ2n) is 2.21. The Morgan fingerprint density at radius 2 is 2.25 bits per heavy atom. The highest BCUT2D eigenvalue weighted by Gasteiger charge is 2.05. The summed E-state index contributed by atoms with van der Waals surface area (Å²) in [6, 6.07) is 4.39. The lowest BCUT2D eigenvalue weighted by Crippen LogP contribution is -2.12. The van der Waals surface area contributed by atoms with E-state index in [1.54, 1.807) is 6.07 Å². The Labute approximate surface area is 77.7 Å². The van der Waals surface area contributed by atoms with E-state index in [0.29, 0.717) is 4.47 Å². The third kappa shape index (κ3) is 2.30. The van der Waals surface area contributed by atoms with Crippen LogP contribution in [0.25, 0.3) is 0 Å². The molecule has 0 unspecified atom stereocenters. The molecule has 1 amide bonds. The first-order valence-corrected chi connectivity index (χ1v) is 3.98. The van der Waals surface area contributed by atoms with Gasteiger partial charge in [0, 0.05) is 10.0 Å². The molecule has 0 atom stereocenters. The van der Waals surface area contributed by atoms with E-state index in [-0.39, 0.29) is 5.56 Å². The van der Waals surface area contributed by atoms with E-state index in [2.05, 4.69) is 15.9 Å². The lowest BCUT2D eigenvalue weighted by atomic mass is 10.1. The average molecular weight is 231 g/mol. The van der Waals surface area contributed by atoms with E-state index in [9.17, 15) is 9.18 Å². The number of halogens is 2. The van der Waals surface area contributed by atoms with Crippen molar-refractivity contribution < 1.29 is 9.18 Å². The van der Waals surface area contributed by atoms with Crippen molar-refractivity contribution >= 4 is 21.8 Å². The fourth-order valence-corrected chi connectivity index (χ4v) is 1.10. The SMILES string of the molecule is NC(=O)[CH]c1ccc(Br)cc1F. The van der Waals surface area contributed by atoms with Crippen LogP contribution in [0.5, 0.6) is 0 Å². The molecule has 0 bridgehead atoms. The van der Waals surface area contributed by atoms with Crippen LogP contribution in [0, 0.1) is 12.2 Å². The molecular formula is C8H6BrFNO. The number of carbonyl (C=O) groups is 1. The summed E-state index contributed by atoms with van der Waals surface area (Å²) in [4.78, 5) is 10.4. The predicted molar refractivity (Wildman–Crippen MR) is 46.7 cm³/mol. The summed E-state index contributed by atoms with van der Waals surface area (Å²) in [5.74, 6) is -1.13. The molecule has 63 valence electrons. The van der Waals surface area contributed by atoms with Crippen LogP contribution in [-0.4, -0.2) is 5.91 Å². The van der Waals surface area contributed by atoms with Crippen molar-refractivity contribution in [3.05, 3.63) is 40.5 Å². The standard InChI is InChI=1S/C8H6BrFNO/c9-6-2-1-5(3-8(11)12)7(10)4-6/h1-4H,(H2,11,12). The zero-order chi connectivity index (χ0) is 9.14. The highest BCUT2D eigenvalue weighted by atomic mass is 79.9. The van der Waals surface area contributed by atoms with Crippen molar-refractivity contribution in [1.82, 2.24) is 0 Å². The summed E-state index contributed by atoms with van der Waals surface area (Å²) in [5.41, 5.74) is 5.06. The molecule has 12 heavy (non-hydrogen) atoms. The smallest absolute Gasteiger partial charge is 0.226 e. The second-order valence-corrected chi connectivity index (χ2v) is 3.13. The highest BCUT2D eigenvalue weighted by molar-refractivity contribution is 9.10. The summed E-state index contributed by atoms with van der Waals surface area (Å²) in [7, 11) is 0. The molecule has 2 nitrogen and oxygen atoms in total. The van der Waals surface area contributed by atoms with E-state index in [0.717, 1.165) is 6.42 Å². The van der Waals surface area contributed by atoms with Gasteiger partial charge in [-0.25, -0.2) is 4.39 Å². The normalized spacial score (nSPS) is 9.83. The molecular weight excluding hydrogens is 225 g/mol. The Morgan fingerprint density at radius 1 is 1.58 bits per heavy atom. The minimum atomic E-state index is -0.656. The van der Waals surface area contributed by atoms with Crippen molar-refractivity contribution in [3.63, 3.8) is 0 Å². The largest absolute Gasteiger partial charge is 0.369 e. The van der Waals surface area contributed by atoms with Crippen molar-refractivity contribution in [1.29, 1.82) is 0 Å².